The molecule has 3 nitrogen and oxygen atoms in total. The number of rotatable bonds is 3. The third-order valence-corrected chi connectivity index (χ3v) is 5.08. The molecule has 0 spiro atoms. The molecule has 0 atom stereocenters. The summed E-state index contributed by atoms with van der Waals surface area (Å²) >= 11 is 12.2. The SMILES string of the molecule is Cc1ccc(N2C(=O)/C(=C\c3ccc(Cl)cc3Cl)N=C2c2ccccc2F)cc1. The number of carbonyl (C=O) groups excluding carboxylic acids is 1. The fraction of sp³-hybridized carbons (Fsp3) is 0.0435. The number of nitrogens with zero attached hydrogens (tertiary/aromatic N) is 2. The minimum Gasteiger partial charge on any atom is -0.266 e. The van der Waals surface area contributed by atoms with Crippen LogP contribution in [0.1, 0.15) is 16.7 Å². The Kier molecular flexibility index (Phi) is 5.22. The van der Waals surface area contributed by atoms with Crippen LogP contribution in [-0.4, -0.2) is 11.7 Å². The highest BCUT2D eigenvalue weighted by molar-refractivity contribution is 6.36. The summed E-state index contributed by atoms with van der Waals surface area (Å²) in [6.45, 7) is 1.95. The van der Waals surface area contributed by atoms with Crippen LogP contribution in [0, 0.1) is 12.7 Å². The van der Waals surface area contributed by atoms with Crippen LogP contribution >= 0.6 is 23.2 Å². The van der Waals surface area contributed by atoms with Gasteiger partial charge in [0, 0.05) is 10.0 Å². The van der Waals surface area contributed by atoms with Crippen molar-refractivity contribution in [3.63, 3.8) is 0 Å². The van der Waals surface area contributed by atoms with Crippen molar-refractivity contribution in [1.82, 2.24) is 0 Å². The third-order valence-electron chi connectivity index (χ3n) is 4.52. The van der Waals surface area contributed by atoms with E-state index >= 15 is 0 Å². The molecule has 0 aromatic heterocycles. The Hall–Kier alpha value is -2.95. The van der Waals surface area contributed by atoms with Crippen molar-refractivity contribution in [2.75, 3.05) is 4.90 Å². The molecular weight excluding hydrogens is 410 g/mol. The number of hydrogen-bond donors (Lipinski definition) is 0. The van der Waals surface area contributed by atoms with Crippen molar-refractivity contribution in [2.45, 2.75) is 6.92 Å². The van der Waals surface area contributed by atoms with Crippen LogP contribution in [0.3, 0.4) is 0 Å². The summed E-state index contributed by atoms with van der Waals surface area (Å²) in [6.07, 6.45) is 1.58. The number of amides is 1. The van der Waals surface area contributed by atoms with Gasteiger partial charge in [0.05, 0.1) is 11.3 Å². The smallest absolute Gasteiger partial charge is 0.266 e. The summed E-state index contributed by atoms with van der Waals surface area (Å²) in [4.78, 5) is 19.1. The second kappa shape index (κ2) is 7.82. The molecule has 144 valence electrons. The monoisotopic (exact) mass is 424 g/mol. The molecule has 3 aromatic carbocycles. The molecule has 0 unspecified atom stereocenters. The van der Waals surface area contributed by atoms with E-state index in [-0.39, 0.29) is 23.0 Å². The van der Waals surface area contributed by atoms with Crippen LogP contribution in [0.4, 0.5) is 10.1 Å². The van der Waals surface area contributed by atoms with Crippen molar-refractivity contribution in [2.24, 2.45) is 4.99 Å². The van der Waals surface area contributed by atoms with E-state index < -0.39 is 5.82 Å². The van der Waals surface area contributed by atoms with Crippen molar-refractivity contribution >= 4 is 46.7 Å². The fourth-order valence-corrected chi connectivity index (χ4v) is 3.50. The predicted octanol–water partition coefficient (Wildman–Crippen LogP) is 6.28. The molecule has 6 heteroatoms. The Balaban J connectivity index is 1.86. The summed E-state index contributed by atoms with van der Waals surface area (Å²) in [5, 5.41) is 0.890. The second-order valence-corrected chi connectivity index (χ2v) is 7.43. The van der Waals surface area contributed by atoms with E-state index in [1.165, 1.54) is 11.0 Å². The van der Waals surface area contributed by atoms with Gasteiger partial charge < -0.3 is 0 Å². The molecule has 0 fully saturated rings. The van der Waals surface area contributed by atoms with Gasteiger partial charge in [0.15, 0.2) is 5.84 Å². The van der Waals surface area contributed by atoms with E-state index in [0.29, 0.717) is 21.3 Å². The van der Waals surface area contributed by atoms with Gasteiger partial charge in [-0.15, -0.1) is 0 Å². The number of anilines is 1. The lowest BCUT2D eigenvalue weighted by atomic mass is 10.1. The van der Waals surface area contributed by atoms with Crippen LogP contribution < -0.4 is 4.90 Å². The van der Waals surface area contributed by atoms with Crippen LogP contribution in [-0.2, 0) is 4.79 Å². The summed E-state index contributed by atoms with van der Waals surface area (Å²) in [6, 6.07) is 18.6. The Morgan fingerprint density at radius 1 is 1.00 bits per heavy atom. The Morgan fingerprint density at radius 2 is 1.72 bits per heavy atom. The average molecular weight is 425 g/mol. The topological polar surface area (TPSA) is 32.7 Å². The maximum atomic E-state index is 14.5. The molecule has 3 aromatic rings. The molecule has 1 heterocycles. The standard InChI is InChI=1S/C23H15Cl2FN2O/c1-14-6-10-17(11-7-14)28-22(18-4-2-3-5-20(18)26)27-21(23(28)29)12-15-8-9-16(24)13-19(15)25/h2-13H,1H3/b21-12+. The first-order valence-electron chi connectivity index (χ1n) is 8.85. The lowest BCUT2D eigenvalue weighted by Crippen LogP contribution is -2.33. The van der Waals surface area contributed by atoms with Gasteiger partial charge in [0.25, 0.3) is 5.91 Å². The fourth-order valence-electron chi connectivity index (χ4n) is 3.04. The number of benzene rings is 3. The minimum absolute atomic E-state index is 0.160. The Morgan fingerprint density at radius 3 is 2.41 bits per heavy atom. The lowest BCUT2D eigenvalue weighted by Gasteiger charge is -2.19. The first-order valence-corrected chi connectivity index (χ1v) is 9.61. The predicted molar refractivity (Wildman–Crippen MR) is 116 cm³/mol. The van der Waals surface area contributed by atoms with Gasteiger partial charge in [-0.3, -0.25) is 9.69 Å². The van der Waals surface area contributed by atoms with Gasteiger partial charge in [-0.1, -0.05) is 59.1 Å². The quantitative estimate of drug-likeness (QED) is 0.455. The van der Waals surface area contributed by atoms with Gasteiger partial charge in [0.1, 0.15) is 11.5 Å². The number of hydrogen-bond acceptors (Lipinski definition) is 2. The van der Waals surface area contributed by atoms with Gasteiger partial charge >= 0.3 is 0 Å². The molecule has 29 heavy (non-hydrogen) atoms. The number of aliphatic imine (C=N–C) groups is 1. The zero-order chi connectivity index (χ0) is 20.5. The zero-order valence-corrected chi connectivity index (χ0v) is 16.9. The summed E-state index contributed by atoms with van der Waals surface area (Å²) in [7, 11) is 0. The molecule has 0 bridgehead atoms. The molecule has 0 saturated heterocycles. The number of amidine groups is 1. The molecule has 0 aliphatic carbocycles. The molecule has 0 N–H and O–H groups in total. The van der Waals surface area contributed by atoms with Crippen LogP contribution in [0.25, 0.3) is 6.08 Å². The van der Waals surface area contributed by atoms with E-state index in [1.807, 2.05) is 31.2 Å². The van der Waals surface area contributed by atoms with Crippen molar-refractivity contribution in [3.05, 3.63) is 105 Å². The first kappa shape index (κ1) is 19.4. The molecule has 1 aliphatic rings. The normalized spacial score (nSPS) is 15.2. The zero-order valence-electron chi connectivity index (χ0n) is 15.4. The van der Waals surface area contributed by atoms with Crippen LogP contribution in [0.5, 0.6) is 0 Å². The van der Waals surface area contributed by atoms with Gasteiger partial charge in [-0.05, 0) is 55.0 Å². The van der Waals surface area contributed by atoms with Gasteiger partial charge in [0.2, 0.25) is 0 Å². The number of carbonyl (C=O) groups is 1. The Labute approximate surface area is 177 Å². The minimum atomic E-state index is -0.457. The highest BCUT2D eigenvalue weighted by atomic mass is 35.5. The van der Waals surface area contributed by atoms with E-state index in [2.05, 4.69) is 4.99 Å². The highest BCUT2D eigenvalue weighted by Crippen LogP contribution is 2.30. The van der Waals surface area contributed by atoms with E-state index in [0.717, 1.165) is 5.56 Å². The van der Waals surface area contributed by atoms with Gasteiger partial charge in [-0.25, -0.2) is 9.38 Å². The summed E-state index contributed by atoms with van der Waals surface area (Å²) in [5.74, 6) is -0.589. The van der Waals surface area contributed by atoms with Crippen LogP contribution in [0.15, 0.2) is 77.4 Å². The van der Waals surface area contributed by atoms with Gasteiger partial charge in [-0.2, -0.15) is 0 Å². The summed E-state index contributed by atoms with van der Waals surface area (Å²) < 4.78 is 14.5. The largest absolute Gasteiger partial charge is 0.282 e. The molecule has 0 saturated carbocycles. The number of aryl methyl sites for hydroxylation is 1. The molecule has 4 rings (SSSR count). The Bertz CT molecular complexity index is 1170. The molecule has 1 amide bonds. The first-order chi connectivity index (χ1) is 13.9. The summed E-state index contributed by atoms with van der Waals surface area (Å²) in [5.41, 5.74) is 2.66. The van der Waals surface area contributed by atoms with Crippen molar-refractivity contribution in [3.8, 4) is 0 Å². The number of halogens is 3. The maximum Gasteiger partial charge on any atom is 0.282 e. The molecule has 0 radical (unpaired) electrons. The average Bonchev–Trinajstić information content (AvgIpc) is 3.01. The third kappa shape index (κ3) is 3.82. The second-order valence-electron chi connectivity index (χ2n) is 6.59. The maximum absolute atomic E-state index is 14.5. The highest BCUT2D eigenvalue weighted by Gasteiger charge is 2.33. The van der Waals surface area contributed by atoms with Crippen molar-refractivity contribution < 1.29 is 9.18 Å². The van der Waals surface area contributed by atoms with Crippen LogP contribution in [0.2, 0.25) is 10.0 Å². The lowest BCUT2D eigenvalue weighted by molar-refractivity contribution is -0.113. The van der Waals surface area contributed by atoms with Crippen molar-refractivity contribution in [1.29, 1.82) is 0 Å². The molecular formula is C23H15Cl2FN2O. The van der Waals surface area contributed by atoms with E-state index in [1.54, 1.807) is 42.5 Å². The van der Waals surface area contributed by atoms with E-state index in [4.69, 9.17) is 23.2 Å². The van der Waals surface area contributed by atoms with E-state index in [9.17, 15) is 9.18 Å². The molecule has 1 aliphatic heterocycles.